The van der Waals surface area contributed by atoms with Gasteiger partial charge in [0.2, 0.25) is 0 Å². The molecule has 0 amide bonds. The van der Waals surface area contributed by atoms with E-state index >= 15 is 0 Å². The van der Waals surface area contributed by atoms with Crippen LogP contribution >= 0.6 is 0 Å². The van der Waals surface area contributed by atoms with Gasteiger partial charge in [0, 0.05) is 18.5 Å². The first kappa shape index (κ1) is 7.42. The topological polar surface area (TPSA) is 43.8 Å². The van der Waals surface area contributed by atoms with Crippen molar-refractivity contribution in [2.75, 3.05) is 5.73 Å². The molecule has 1 aromatic rings. The van der Waals surface area contributed by atoms with Crippen LogP contribution in [0.5, 0.6) is 0 Å². The van der Waals surface area contributed by atoms with Crippen molar-refractivity contribution >= 4 is 5.82 Å². The molecule has 3 rings (SSSR count). The quantitative estimate of drug-likeness (QED) is 0.743. The molecule has 0 radical (unpaired) electrons. The van der Waals surface area contributed by atoms with Crippen LogP contribution in [0.25, 0.3) is 0 Å². The van der Waals surface area contributed by atoms with Crippen molar-refractivity contribution in [3.63, 3.8) is 0 Å². The van der Waals surface area contributed by atoms with Crippen molar-refractivity contribution in [3.8, 4) is 0 Å². The third kappa shape index (κ3) is 0.929. The van der Waals surface area contributed by atoms with Gasteiger partial charge in [-0.25, -0.2) is 0 Å². The van der Waals surface area contributed by atoms with Gasteiger partial charge < -0.3 is 5.73 Å². The zero-order chi connectivity index (χ0) is 9.05. The van der Waals surface area contributed by atoms with E-state index in [0.717, 1.165) is 11.7 Å². The molecule has 13 heavy (non-hydrogen) atoms. The number of nitrogens with two attached hydrogens (primary N) is 1. The van der Waals surface area contributed by atoms with E-state index in [1.807, 2.05) is 7.05 Å². The molecule has 3 heteroatoms. The van der Waals surface area contributed by atoms with Crippen LogP contribution in [0.3, 0.4) is 0 Å². The molecule has 0 spiro atoms. The number of nitrogens with zero attached hydrogens (tertiary/aromatic N) is 2. The minimum atomic E-state index is 0.454. The summed E-state index contributed by atoms with van der Waals surface area (Å²) >= 11 is 0. The molecular weight excluding hydrogens is 162 g/mol. The molecule has 1 heterocycles. The van der Waals surface area contributed by atoms with Gasteiger partial charge in [-0.1, -0.05) is 0 Å². The molecule has 0 unspecified atom stereocenters. The van der Waals surface area contributed by atoms with E-state index in [-0.39, 0.29) is 0 Å². The predicted molar refractivity (Wildman–Crippen MR) is 51.3 cm³/mol. The molecular formula is C10H15N3. The standard InChI is InChI=1S/C10H15N3/c1-13-9(11)6-8(12-13)10(4-5-10)7-2-3-7/h6-7H,2-5,11H2,1H3. The van der Waals surface area contributed by atoms with Gasteiger partial charge in [-0.15, -0.1) is 0 Å². The minimum absolute atomic E-state index is 0.454. The summed E-state index contributed by atoms with van der Waals surface area (Å²) in [6.07, 6.45) is 5.45. The molecule has 0 aliphatic heterocycles. The van der Waals surface area contributed by atoms with Gasteiger partial charge in [-0.05, 0) is 31.6 Å². The summed E-state index contributed by atoms with van der Waals surface area (Å²) in [4.78, 5) is 0. The van der Waals surface area contributed by atoms with Crippen LogP contribution in [0.2, 0.25) is 0 Å². The Morgan fingerprint density at radius 2 is 2.23 bits per heavy atom. The van der Waals surface area contributed by atoms with E-state index in [1.54, 1.807) is 4.68 Å². The molecule has 2 aliphatic rings. The van der Waals surface area contributed by atoms with E-state index in [1.165, 1.54) is 31.4 Å². The van der Waals surface area contributed by atoms with Gasteiger partial charge in [-0.3, -0.25) is 4.68 Å². The van der Waals surface area contributed by atoms with E-state index in [0.29, 0.717) is 5.41 Å². The number of hydrogen-bond donors (Lipinski definition) is 1. The average Bonchev–Trinajstić information content (AvgIpc) is 2.97. The fourth-order valence-corrected chi connectivity index (χ4v) is 2.37. The second kappa shape index (κ2) is 2.08. The Hall–Kier alpha value is -0.990. The van der Waals surface area contributed by atoms with Crippen molar-refractivity contribution in [1.29, 1.82) is 0 Å². The van der Waals surface area contributed by atoms with Gasteiger partial charge in [0.25, 0.3) is 0 Å². The minimum Gasteiger partial charge on any atom is -0.384 e. The van der Waals surface area contributed by atoms with Crippen molar-refractivity contribution in [3.05, 3.63) is 11.8 Å². The highest BCUT2D eigenvalue weighted by Crippen LogP contribution is 2.61. The lowest BCUT2D eigenvalue weighted by atomic mass is 9.96. The first-order valence-electron chi connectivity index (χ1n) is 5.02. The van der Waals surface area contributed by atoms with Gasteiger partial charge in [0.05, 0.1) is 5.69 Å². The molecule has 0 bridgehead atoms. The van der Waals surface area contributed by atoms with E-state index < -0.39 is 0 Å². The third-order valence-corrected chi connectivity index (χ3v) is 3.57. The second-order valence-electron chi connectivity index (χ2n) is 4.51. The Morgan fingerprint density at radius 1 is 1.54 bits per heavy atom. The molecule has 2 saturated carbocycles. The van der Waals surface area contributed by atoms with Gasteiger partial charge in [0.1, 0.15) is 5.82 Å². The van der Waals surface area contributed by atoms with Gasteiger partial charge >= 0.3 is 0 Å². The number of hydrogen-bond acceptors (Lipinski definition) is 2. The smallest absolute Gasteiger partial charge is 0.121 e. The summed E-state index contributed by atoms with van der Waals surface area (Å²) in [6.45, 7) is 0. The first-order valence-corrected chi connectivity index (χ1v) is 5.02. The zero-order valence-electron chi connectivity index (χ0n) is 7.95. The van der Waals surface area contributed by atoms with Crippen molar-refractivity contribution in [2.24, 2.45) is 13.0 Å². The van der Waals surface area contributed by atoms with Crippen LogP contribution in [0.4, 0.5) is 5.82 Å². The molecule has 2 fully saturated rings. The normalized spacial score (nSPS) is 24.7. The third-order valence-electron chi connectivity index (χ3n) is 3.57. The van der Waals surface area contributed by atoms with Crippen LogP contribution in [0.1, 0.15) is 31.4 Å². The Kier molecular flexibility index (Phi) is 1.19. The molecule has 0 aromatic carbocycles. The highest BCUT2D eigenvalue weighted by molar-refractivity contribution is 5.38. The van der Waals surface area contributed by atoms with Crippen molar-refractivity contribution in [2.45, 2.75) is 31.1 Å². The Bertz CT molecular complexity index is 326. The van der Waals surface area contributed by atoms with Crippen LogP contribution in [0.15, 0.2) is 6.07 Å². The molecule has 0 atom stereocenters. The summed E-state index contributed by atoms with van der Waals surface area (Å²) in [5, 5.41) is 4.50. The number of aryl methyl sites for hydroxylation is 1. The van der Waals surface area contributed by atoms with Gasteiger partial charge in [-0.2, -0.15) is 5.10 Å². The Balaban J connectivity index is 1.99. The molecule has 70 valence electrons. The molecule has 0 saturated heterocycles. The van der Waals surface area contributed by atoms with E-state index in [2.05, 4.69) is 11.2 Å². The fraction of sp³-hybridized carbons (Fsp3) is 0.700. The second-order valence-corrected chi connectivity index (χ2v) is 4.51. The monoisotopic (exact) mass is 177 g/mol. The maximum absolute atomic E-state index is 5.79. The van der Waals surface area contributed by atoms with Crippen LogP contribution < -0.4 is 5.73 Å². The summed E-state index contributed by atoms with van der Waals surface area (Å²) < 4.78 is 1.79. The highest BCUT2D eigenvalue weighted by Gasteiger charge is 2.56. The zero-order valence-corrected chi connectivity index (χ0v) is 7.95. The maximum Gasteiger partial charge on any atom is 0.121 e. The number of anilines is 1. The molecule has 2 aliphatic carbocycles. The molecule has 3 nitrogen and oxygen atoms in total. The lowest BCUT2D eigenvalue weighted by Crippen LogP contribution is -2.10. The first-order chi connectivity index (χ1) is 6.22. The van der Waals surface area contributed by atoms with E-state index in [4.69, 9.17) is 5.73 Å². The Labute approximate surface area is 77.9 Å². The number of aromatic nitrogens is 2. The van der Waals surface area contributed by atoms with Crippen molar-refractivity contribution < 1.29 is 0 Å². The SMILES string of the molecule is Cn1nc(C2(C3CC3)CC2)cc1N. The predicted octanol–water partition coefficient (Wildman–Crippen LogP) is 1.44. The molecule has 2 N–H and O–H groups in total. The number of nitrogen functional groups attached to an aromatic ring is 1. The maximum atomic E-state index is 5.79. The molecule has 1 aromatic heterocycles. The summed E-state index contributed by atoms with van der Waals surface area (Å²) in [6, 6.07) is 2.06. The summed E-state index contributed by atoms with van der Waals surface area (Å²) in [7, 11) is 1.92. The van der Waals surface area contributed by atoms with Crippen LogP contribution in [0, 0.1) is 5.92 Å². The summed E-state index contributed by atoms with van der Waals surface area (Å²) in [5.41, 5.74) is 7.49. The van der Waals surface area contributed by atoms with Crippen LogP contribution in [-0.2, 0) is 12.5 Å². The van der Waals surface area contributed by atoms with Gasteiger partial charge in [0.15, 0.2) is 0 Å². The van der Waals surface area contributed by atoms with E-state index in [9.17, 15) is 0 Å². The van der Waals surface area contributed by atoms with Crippen molar-refractivity contribution in [1.82, 2.24) is 9.78 Å². The largest absolute Gasteiger partial charge is 0.384 e. The summed E-state index contributed by atoms with van der Waals surface area (Å²) in [5.74, 6) is 1.71. The lowest BCUT2D eigenvalue weighted by Gasteiger charge is -2.09. The fourth-order valence-electron chi connectivity index (χ4n) is 2.37. The number of rotatable bonds is 2. The lowest BCUT2D eigenvalue weighted by molar-refractivity contribution is 0.564. The highest BCUT2D eigenvalue weighted by atomic mass is 15.3. The van der Waals surface area contributed by atoms with Crippen LogP contribution in [-0.4, -0.2) is 9.78 Å². The average molecular weight is 177 g/mol. The Morgan fingerprint density at radius 3 is 2.62 bits per heavy atom.